The molecule has 5 heteroatoms. The molecule has 0 bridgehead atoms. The van der Waals surface area contributed by atoms with Gasteiger partial charge < -0.3 is 15.0 Å². The lowest BCUT2D eigenvalue weighted by molar-refractivity contribution is -0.116. The summed E-state index contributed by atoms with van der Waals surface area (Å²) in [6, 6.07) is 6.97. The van der Waals surface area contributed by atoms with E-state index < -0.39 is 5.97 Å². The van der Waals surface area contributed by atoms with Crippen LogP contribution in [0.1, 0.15) is 10.5 Å². The second-order valence-electron chi connectivity index (χ2n) is 3.71. The largest absolute Gasteiger partial charge is 0.477 e. The van der Waals surface area contributed by atoms with Crippen molar-refractivity contribution >= 4 is 28.5 Å². The molecule has 0 spiro atoms. The summed E-state index contributed by atoms with van der Waals surface area (Å²) in [6.45, 7) is 0.0577. The molecule has 1 aliphatic rings. The van der Waals surface area contributed by atoms with Crippen molar-refractivity contribution in [2.75, 3.05) is 5.32 Å². The van der Waals surface area contributed by atoms with Crippen LogP contribution in [0, 0.1) is 0 Å². The van der Waals surface area contributed by atoms with Crippen molar-refractivity contribution in [2.45, 2.75) is 6.54 Å². The average molecular weight is 216 g/mol. The molecule has 2 N–H and O–H groups in total. The third kappa shape index (κ3) is 1.05. The number of amides is 1. The maximum atomic E-state index is 11.4. The Labute approximate surface area is 90.3 Å². The zero-order chi connectivity index (χ0) is 11.3. The van der Waals surface area contributed by atoms with Crippen LogP contribution < -0.4 is 5.32 Å². The number of nitrogens with zero attached hydrogens (tertiary/aromatic N) is 1. The van der Waals surface area contributed by atoms with E-state index in [1.165, 1.54) is 4.57 Å². The van der Waals surface area contributed by atoms with Crippen LogP contribution in [0.3, 0.4) is 0 Å². The van der Waals surface area contributed by atoms with Crippen LogP contribution >= 0.6 is 0 Å². The highest BCUT2D eigenvalue weighted by atomic mass is 16.4. The lowest BCUT2D eigenvalue weighted by Gasteiger charge is -2.17. The third-order valence-corrected chi connectivity index (χ3v) is 2.72. The summed E-state index contributed by atoms with van der Waals surface area (Å²) in [5, 5.41) is 12.6. The van der Waals surface area contributed by atoms with Gasteiger partial charge in [0, 0.05) is 5.39 Å². The Morgan fingerprint density at radius 1 is 1.44 bits per heavy atom. The van der Waals surface area contributed by atoms with Gasteiger partial charge in [0.05, 0.1) is 11.2 Å². The zero-order valence-electron chi connectivity index (χ0n) is 8.23. The van der Waals surface area contributed by atoms with E-state index in [0.29, 0.717) is 5.69 Å². The third-order valence-electron chi connectivity index (χ3n) is 2.72. The second-order valence-corrected chi connectivity index (χ2v) is 3.71. The molecule has 3 rings (SSSR count). The Balaban J connectivity index is 2.43. The minimum atomic E-state index is -1.02. The number of carboxylic acids is 1. The number of rotatable bonds is 1. The Morgan fingerprint density at radius 2 is 2.25 bits per heavy atom. The molecule has 0 fully saturated rings. The molecule has 0 radical (unpaired) electrons. The second kappa shape index (κ2) is 2.85. The molecule has 0 unspecified atom stereocenters. The summed E-state index contributed by atoms with van der Waals surface area (Å²) >= 11 is 0. The van der Waals surface area contributed by atoms with Gasteiger partial charge in [-0.2, -0.15) is 0 Å². The van der Waals surface area contributed by atoms with E-state index in [0.717, 1.165) is 10.9 Å². The first-order valence-electron chi connectivity index (χ1n) is 4.82. The highest BCUT2D eigenvalue weighted by molar-refractivity contribution is 6.07. The molecule has 2 aromatic rings. The van der Waals surface area contributed by atoms with Crippen LogP contribution in [-0.4, -0.2) is 21.6 Å². The van der Waals surface area contributed by atoms with Crippen LogP contribution in [0.15, 0.2) is 24.3 Å². The fourth-order valence-electron chi connectivity index (χ4n) is 2.10. The number of hydrogen-bond donors (Lipinski definition) is 2. The first-order valence-corrected chi connectivity index (χ1v) is 4.82. The van der Waals surface area contributed by atoms with E-state index in [1.54, 1.807) is 18.2 Å². The molecule has 0 saturated heterocycles. The van der Waals surface area contributed by atoms with Gasteiger partial charge in [-0.1, -0.05) is 12.1 Å². The van der Waals surface area contributed by atoms with Crippen LogP contribution in [0.5, 0.6) is 0 Å². The summed E-state index contributed by atoms with van der Waals surface area (Å²) in [5.74, 6) is -1.21. The molecule has 2 heterocycles. The standard InChI is InChI=1S/C11H8N2O3/c14-9-5-13-8(11(15)16)4-6-2-1-3-7(12-9)10(6)13/h1-4H,5H2,(H,12,14)(H,15,16). The van der Waals surface area contributed by atoms with Crippen LogP contribution in [0.4, 0.5) is 5.69 Å². The fourth-order valence-corrected chi connectivity index (χ4v) is 2.10. The summed E-state index contributed by atoms with van der Waals surface area (Å²) < 4.78 is 1.53. The van der Waals surface area contributed by atoms with Crippen molar-refractivity contribution in [3.05, 3.63) is 30.0 Å². The predicted octanol–water partition coefficient (Wildman–Crippen LogP) is 1.29. The number of benzene rings is 1. The van der Waals surface area contributed by atoms with Gasteiger partial charge >= 0.3 is 5.97 Å². The van der Waals surface area contributed by atoms with Crippen LogP contribution in [0.2, 0.25) is 0 Å². The molecule has 1 aromatic heterocycles. The first kappa shape index (κ1) is 8.96. The Bertz CT molecular complexity index is 627. The predicted molar refractivity (Wildman–Crippen MR) is 57.5 cm³/mol. The fraction of sp³-hybridized carbons (Fsp3) is 0.0909. The zero-order valence-corrected chi connectivity index (χ0v) is 8.23. The molecular formula is C11H8N2O3. The van der Waals surface area contributed by atoms with E-state index in [9.17, 15) is 9.59 Å². The van der Waals surface area contributed by atoms with E-state index >= 15 is 0 Å². The van der Waals surface area contributed by atoms with E-state index in [2.05, 4.69) is 5.32 Å². The first-order chi connectivity index (χ1) is 7.66. The number of carbonyl (C=O) groups is 2. The van der Waals surface area contributed by atoms with Gasteiger partial charge in [0.15, 0.2) is 0 Å². The van der Waals surface area contributed by atoms with Gasteiger partial charge in [-0.15, -0.1) is 0 Å². The number of nitrogens with one attached hydrogen (secondary N) is 1. The number of aromatic carboxylic acids is 1. The summed E-state index contributed by atoms with van der Waals surface area (Å²) in [7, 11) is 0. The van der Waals surface area contributed by atoms with Crippen molar-refractivity contribution in [1.29, 1.82) is 0 Å². The number of aromatic nitrogens is 1. The van der Waals surface area contributed by atoms with E-state index in [-0.39, 0.29) is 18.1 Å². The number of carboxylic acid groups (broad SMARTS) is 1. The quantitative estimate of drug-likeness (QED) is 0.754. The molecule has 16 heavy (non-hydrogen) atoms. The van der Waals surface area contributed by atoms with Crippen molar-refractivity contribution < 1.29 is 14.7 Å². The van der Waals surface area contributed by atoms with Gasteiger partial charge in [-0.3, -0.25) is 4.79 Å². The van der Waals surface area contributed by atoms with Gasteiger partial charge in [0.25, 0.3) is 0 Å². The van der Waals surface area contributed by atoms with Crippen molar-refractivity contribution in [2.24, 2.45) is 0 Å². The van der Waals surface area contributed by atoms with Gasteiger partial charge in [-0.25, -0.2) is 4.79 Å². The molecule has 0 atom stereocenters. The van der Waals surface area contributed by atoms with E-state index in [1.807, 2.05) is 6.07 Å². The van der Waals surface area contributed by atoms with Gasteiger partial charge in [-0.05, 0) is 12.1 Å². The van der Waals surface area contributed by atoms with Crippen molar-refractivity contribution in [1.82, 2.24) is 4.57 Å². The molecule has 1 amide bonds. The lowest BCUT2D eigenvalue weighted by Crippen LogP contribution is -2.25. The summed E-state index contributed by atoms with van der Waals surface area (Å²) in [6.07, 6.45) is 0. The monoisotopic (exact) mass is 216 g/mol. The van der Waals surface area contributed by atoms with Crippen LogP contribution in [-0.2, 0) is 11.3 Å². The highest BCUT2D eigenvalue weighted by Gasteiger charge is 2.22. The van der Waals surface area contributed by atoms with E-state index in [4.69, 9.17) is 5.11 Å². The normalized spacial score (nSPS) is 13.9. The summed E-state index contributed by atoms with van der Waals surface area (Å²) in [4.78, 5) is 22.5. The molecule has 0 saturated carbocycles. The number of anilines is 1. The van der Waals surface area contributed by atoms with Crippen LogP contribution in [0.25, 0.3) is 10.9 Å². The highest BCUT2D eigenvalue weighted by Crippen LogP contribution is 2.29. The molecule has 80 valence electrons. The molecule has 5 nitrogen and oxygen atoms in total. The maximum absolute atomic E-state index is 11.4. The lowest BCUT2D eigenvalue weighted by atomic mass is 10.2. The molecule has 0 aliphatic carbocycles. The molecule has 1 aliphatic heterocycles. The molecule has 1 aromatic carbocycles. The smallest absolute Gasteiger partial charge is 0.352 e. The van der Waals surface area contributed by atoms with Gasteiger partial charge in [0.2, 0.25) is 5.91 Å². The topological polar surface area (TPSA) is 71.3 Å². The SMILES string of the molecule is O=C1Cn2c(C(=O)O)cc3cccc(c32)N1. The maximum Gasteiger partial charge on any atom is 0.352 e. The minimum absolute atomic E-state index is 0.0577. The Kier molecular flexibility index (Phi) is 1.60. The Hall–Kier alpha value is -2.30. The summed E-state index contributed by atoms with van der Waals surface area (Å²) in [5.41, 5.74) is 1.60. The number of carbonyl (C=O) groups excluding carboxylic acids is 1. The number of hydrogen-bond acceptors (Lipinski definition) is 2. The number of para-hydroxylation sites is 1. The Morgan fingerprint density at radius 3 is 3.00 bits per heavy atom. The van der Waals surface area contributed by atoms with Gasteiger partial charge in [0.1, 0.15) is 12.2 Å². The molecular weight excluding hydrogens is 208 g/mol. The minimum Gasteiger partial charge on any atom is -0.477 e. The van der Waals surface area contributed by atoms with Crippen molar-refractivity contribution in [3.63, 3.8) is 0 Å². The average Bonchev–Trinajstić information content (AvgIpc) is 2.59. The van der Waals surface area contributed by atoms with Crippen molar-refractivity contribution in [3.8, 4) is 0 Å².